The van der Waals surface area contributed by atoms with Crippen LogP contribution in [0, 0.1) is 0 Å². The highest BCUT2D eigenvalue weighted by Gasteiger charge is 2.07. The summed E-state index contributed by atoms with van der Waals surface area (Å²) in [6.07, 6.45) is 3.95. The lowest BCUT2D eigenvalue weighted by Gasteiger charge is -2.10. The van der Waals surface area contributed by atoms with Crippen molar-refractivity contribution in [3.63, 3.8) is 0 Å². The second-order valence-corrected chi connectivity index (χ2v) is 3.84. The summed E-state index contributed by atoms with van der Waals surface area (Å²) >= 11 is 0. The SMILES string of the molecule is CCc1ncc2ccc(OC)cc2c1CC. The molecule has 1 heterocycles. The Kier molecular flexibility index (Phi) is 3.09. The van der Waals surface area contributed by atoms with E-state index in [2.05, 4.69) is 31.0 Å². The molecule has 2 heteroatoms. The number of nitrogens with zero attached hydrogens (tertiary/aromatic N) is 1. The summed E-state index contributed by atoms with van der Waals surface area (Å²) in [6.45, 7) is 4.32. The van der Waals surface area contributed by atoms with Gasteiger partial charge in [-0.1, -0.05) is 13.8 Å². The first-order valence-electron chi connectivity index (χ1n) is 5.74. The van der Waals surface area contributed by atoms with Crippen molar-refractivity contribution in [1.29, 1.82) is 0 Å². The highest BCUT2D eigenvalue weighted by Crippen LogP contribution is 2.25. The molecule has 0 atom stereocenters. The van der Waals surface area contributed by atoms with Crippen LogP contribution in [0.1, 0.15) is 25.1 Å². The van der Waals surface area contributed by atoms with Crippen molar-refractivity contribution in [2.45, 2.75) is 26.7 Å². The van der Waals surface area contributed by atoms with Gasteiger partial charge < -0.3 is 4.74 Å². The summed E-state index contributed by atoms with van der Waals surface area (Å²) in [5, 5.41) is 2.46. The molecule has 0 bridgehead atoms. The molecule has 2 nitrogen and oxygen atoms in total. The first-order valence-corrected chi connectivity index (χ1v) is 5.74. The largest absolute Gasteiger partial charge is 0.497 e. The molecule has 2 aromatic rings. The number of hydrogen-bond acceptors (Lipinski definition) is 2. The molecule has 0 unspecified atom stereocenters. The molecule has 16 heavy (non-hydrogen) atoms. The molecule has 0 saturated heterocycles. The maximum Gasteiger partial charge on any atom is 0.119 e. The van der Waals surface area contributed by atoms with Crippen LogP contribution in [0.5, 0.6) is 5.75 Å². The van der Waals surface area contributed by atoms with Crippen LogP contribution < -0.4 is 4.74 Å². The molecular formula is C14H17NO. The summed E-state index contributed by atoms with van der Waals surface area (Å²) in [7, 11) is 1.70. The maximum absolute atomic E-state index is 5.27. The fourth-order valence-electron chi connectivity index (χ4n) is 2.12. The van der Waals surface area contributed by atoms with E-state index >= 15 is 0 Å². The number of ether oxygens (including phenoxy) is 1. The van der Waals surface area contributed by atoms with Crippen molar-refractivity contribution in [3.05, 3.63) is 35.7 Å². The molecule has 0 aliphatic heterocycles. The van der Waals surface area contributed by atoms with Gasteiger partial charge in [0, 0.05) is 17.3 Å². The Balaban J connectivity index is 2.73. The molecule has 84 valence electrons. The molecule has 0 N–H and O–H groups in total. The molecule has 1 aromatic heterocycles. The van der Waals surface area contributed by atoms with Crippen LogP contribution in [0.15, 0.2) is 24.4 Å². The van der Waals surface area contributed by atoms with Gasteiger partial charge in [-0.05, 0) is 42.0 Å². The fraction of sp³-hybridized carbons (Fsp3) is 0.357. The molecule has 0 radical (unpaired) electrons. The number of benzene rings is 1. The number of rotatable bonds is 3. The number of aryl methyl sites for hydroxylation is 2. The maximum atomic E-state index is 5.27. The van der Waals surface area contributed by atoms with Gasteiger partial charge in [0.25, 0.3) is 0 Å². The van der Waals surface area contributed by atoms with Crippen molar-refractivity contribution in [2.24, 2.45) is 0 Å². The Hall–Kier alpha value is -1.57. The first kappa shape index (κ1) is 10.9. The van der Waals surface area contributed by atoms with Gasteiger partial charge in [-0.2, -0.15) is 0 Å². The predicted molar refractivity (Wildman–Crippen MR) is 67.1 cm³/mol. The van der Waals surface area contributed by atoms with Gasteiger partial charge in [0.05, 0.1) is 7.11 Å². The van der Waals surface area contributed by atoms with Crippen LogP contribution in [-0.2, 0) is 12.8 Å². The topological polar surface area (TPSA) is 22.1 Å². The number of methoxy groups -OCH3 is 1. The van der Waals surface area contributed by atoms with Gasteiger partial charge in [-0.25, -0.2) is 0 Å². The van der Waals surface area contributed by atoms with Crippen LogP contribution in [0.25, 0.3) is 10.8 Å². The Bertz CT molecular complexity index is 500. The molecule has 2 rings (SSSR count). The van der Waals surface area contributed by atoms with Crippen LogP contribution in [0.4, 0.5) is 0 Å². The third-order valence-electron chi connectivity index (χ3n) is 2.98. The van der Waals surface area contributed by atoms with E-state index in [4.69, 9.17) is 4.74 Å². The second-order valence-electron chi connectivity index (χ2n) is 3.84. The van der Waals surface area contributed by atoms with E-state index in [9.17, 15) is 0 Å². The van der Waals surface area contributed by atoms with Crippen LogP contribution >= 0.6 is 0 Å². The van der Waals surface area contributed by atoms with Gasteiger partial charge in [0.1, 0.15) is 5.75 Å². The average Bonchev–Trinajstić information content (AvgIpc) is 2.36. The Labute approximate surface area is 96.3 Å². The van der Waals surface area contributed by atoms with E-state index in [1.807, 2.05) is 12.3 Å². The lowest BCUT2D eigenvalue weighted by molar-refractivity contribution is 0.415. The summed E-state index contributed by atoms with van der Waals surface area (Å²) in [5.74, 6) is 0.912. The predicted octanol–water partition coefficient (Wildman–Crippen LogP) is 3.37. The van der Waals surface area contributed by atoms with Crippen molar-refractivity contribution in [1.82, 2.24) is 4.98 Å². The van der Waals surface area contributed by atoms with Gasteiger partial charge in [0.15, 0.2) is 0 Å². The highest BCUT2D eigenvalue weighted by molar-refractivity contribution is 5.87. The summed E-state index contributed by atoms with van der Waals surface area (Å²) in [4.78, 5) is 4.51. The standard InChI is InChI=1S/C14H17NO/c1-4-12-13-8-11(16-3)7-6-10(13)9-15-14(12)5-2/h6-9H,4-5H2,1-3H3. The Morgan fingerprint density at radius 2 is 2.00 bits per heavy atom. The normalized spacial score (nSPS) is 10.7. The molecule has 1 aromatic carbocycles. The number of pyridine rings is 1. The zero-order valence-electron chi connectivity index (χ0n) is 10.1. The minimum atomic E-state index is 0.912. The average molecular weight is 215 g/mol. The van der Waals surface area contributed by atoms with Crippen molar-refractivity contribution >= 4 is 10.8 Å². The molecule has 0 saturated carbocycles. The van der Waals surface area contributed by atoms with E-state index in [0.717, 1.165) is 18.6 Å². The van der Waals surface area contributed by atoms with Gasteiger partial charge in [0.2, 0.25) is 0 Å². The molecule has 0 amide bonds. The quantitative estimate of drug-likeness (QED) is 0.783. The van der Waals surface area contributed by atoms with Gasteiger partial charge >= 0.3 is 0 Å². The second kappa shape index (κ2) is 4.52. The summed E-state index contributed by atoms with van der Waals surface area (Å²) < 4.78 is 5.27. The first-order chi connectivity index (χ1) is 7.80. The summed E-state index contributed by atoms with van der Waals surface area (Å²) in [5.41, 5.74) is 2.54. The van der Waals surface area contributed by atoms with E-state index in [-0.39, 0.29) is 0 Å². The molecular weight excluding hydrogens is 198 g/mol. The van der Waals surface area contributed by atoms with Crippen LogP contribution in [-0.4, -0.2) is 12.1 Å². The molecule has 0 fully saturated rings. The zero-order valence-corrected chi connectivity index (χ0v) is 10.1. The highest BCUT2D eigenvalue weighted by atomic mass is 16.5. The van der Waals surface area contributed by atoms with E-state index < -0.39 is 0 Å². The van der Waals surface area contributed by atoms with Crippen LogP contribution in [0.3, 0.4) is 0 Å². The third kappa shape index (κ3) is 1.75. The van der Waals surface area contributed by atoms with E-state index in [0.29, 0.717) is 0 Å². The zero-order chi connectivity index (χ0) is 11.5. The number of hydrogen-bond donors (Lipinski definition) is 0. The third-order valence-corrected chi connectivity index (χ3v) is 2.98. The van der Waals surface area contributed by atoms with Gasteiger partial charge in [-0.15, -0.1) is 0 Å². The lowest BCUT2D eigenvalue weighted by Crippen LogP contribution is -1.97. The Morgan fingerprint density at radius 3 is 2.62 bits per heavy atom. The van der Waals surface area contributed by atoms with Gasteiger partial charge in [-0.3, -0.25) is 4.98 Å². The molecule has 0 spiro atoms. The molecule has 0 aliphatic carbocycles. The number of aromatic nitrogens is 1. The van der Waals surface area contributed by atoms with Crippen LogP contribution in [0.2, 0.25) is 0 Å². The fourth-order valence-corrected chi connectivity index (χ4v) is 2.12. The van der Waals surface area contributed by atoms with E-state index in [1.54, 1.807) is 7.11 Å². The minimum absolute atomic E-state index is 0.912. The van der Waals surface area contributed by atoms with Crippen molar-refractivity contribution in [3.8, 4) is 5.75 Å². The Morgan fingerprint density at radius 1 is 1.19 bits per heavy atom. The minimum Gasteiger partial charge on any atom is -0.497 e. The lowest BCUT2D eigenvalue weighted by atomic mass is 10.0. The van der Waals surface area contributed by atoms with Crippen molar-refractivity contribution < 1.29 is 4.74 Å². The smallest absolute Gasteiger partial charge is 0.119 e. The van der Waals surface area contributed by atoms with Crippen molar-refractivity contribution in [2.75, 3.05) is 7.11 Å². The number of fused-ring (bicyclic) bond motifs is 1. The summed E-state index contributed by atoms with van der Waals surface area (Å²) in [6, 6.07) is 6.16. The van der Waals surface area contributed by atoms with E-state index in [1.165, 1.54) is 22.0 Å². The molecule has 0 aliphatic rings. The monoisotopic (exact) mass is 215 g/mol.